The lowest BCUT2D eigenvalue weighted by molar-refractivity contribution is -0.137. The number of hydrogen-bond donors (Lipinski definition) is 1. The molecule has 0 radical (unpaired) electrons. The number of benzene rings is 1. The van der Waals surface area contributed by atoms with E-state index in [1.165, 1.54) is 12.1 Å². The number of nitrogens with one attached hydrogen (secondary N) is 1. The van der Waals surface area contributed by atoms with E-state index in [-0.39, 0.29) is 0 Å². The highest BCUT2D eigenvalue weighted by molar-refractivity contribution is 5.56. The van der Waals surface area contributed by atoms with Crippen molar-refractivity contribution in [2.24, 2.45) is 0 Å². The van der Waals surface area contributed by atoms with E-state index < -0.39 is 11.7 Å². The zero-order valence-corrected chi connectivity index (χ0v) is 11.2. The van der Waals surface area contributed by atoms with Crippen molar-refractivity contribution in [3.8, 4) is 0 Å². The molecule has 0 amide bonds. The summed E-state index contributed by atoms with van der Waals surface area (Å²) in [7, 11) is 0. The second-order valence-corrected chi connectivity index (χ2v) is 4.83. The molecule has 0 fully saturated rings. The highest BCUT2D eigenvalue weighted by atomic mass is 19.4. The van der Waals surface area contributed by atoms with Crippen LogP contribution >= 0.6 is 0 Å². The summed E-state index contributed by atoms with van der Waals surface area (Å²) in [5, 5.41) is 2.97. The van der Waals surface area contributed by atoms with Gasteiger partial charge in [-0.15, -0.1) is 0 Å². The lowest BCUT2D eigenvalue weighted by Crippen LogP contribution is -2.04. The van der Waals surface area contributed by atoms with Crippen molar-refractivity contribution in [3.05, 3.63) is 53.7 Å². The molecule has 0 saturated carbocycles. The molecule has 0 bridgehead atoms. The summed E-state index contributed by atoms with van der Waals surface area (Å²) in [6.45, 7) is 4.14. The average molecular weight is 280 g/mol. The van der Waals surface area contributed by atoms with Gasteiger partial charge < -0.3 is 5.32 Å². The first-order valence-electron chi connectivity index (χ1n) is 6.26. The molecule has 2 aromatic rings. The SMILES string of the molecule is CC(C)c1ccc(Nc2ccc(C(F)(F)F)cc2)nc1. The summed E-state index contributed by atoms with van der Waals surface area (Å²) in [5.41, 5.74) is 1.02. The van der Waals surface area contributed by atoms with Gasteiger partial charge in [0.25, 0.3) is 0 Å². The Balaban J connectivity index is 2.10. The summed E-state index contributed by atoms with van der Waals surface area (Å²) in [4.78, 5) is 4.23. The number of rotatable bonds is 3. The Morgan fingerprint density at radius 1 is 1.00 bits per heavy atom. The van der Waals surface area contributed by atoms with E-state index in [4.69, 9.17) is 0 Å². The van der Waals surface area contributed by atoms with Gasteiger partial charge in [-0.1, -0.05) is 19.9 Å². The summed E-state index contributed by atoms with van der Waals surface area (Å²) < 4.78 is 37.3. The van der Waals surface area contributed by atoms with Gasteiger partial charge in [0.15, 0.2) is 0 Å². The molecule has 2 rings (SSSR count). The standard InChI is InChI=1S/C15H15F3N2/c1-10(2)11-3-8-14(19-9-11)20-13-6-4-12(5-7-13)15(16,17)18/h3-10H,1-2H3,(H,19,20). The van der Waals surface area contributed by atoms with Crippen molar-refractivity contribution < 1.29 is 13.2 Å². The summed E-state index contributed by atoms with van der Waals surface area (Å²) >= 11 is 0. The number of anilines is 2. The van der Waals surface area contributed by atoms with Crippen LogP contribution in [0, 0.1) is 0 Å². The van der Waals surface area contributed by atoms with E-state index in [0.717, 1.165) is 17.7 Å². The molecule has 1 aromatic carbocycles. The Morgan fingerprint density at radius 3 is 2.10 bits per heavy atom. The first-order chi connectivity index (χ1) is 9.36. The van der Waals surface area contributed by atoms with Crippen molar-refractivity contribution in [3.63, 3.8) is 0 Å². The predicted molar refractivity (Wildman–Crippen MR) is 73.1 cm³/mol. The number of hydrogen-bond acceptors (Lipinski definition) is 2. The minimum atomic E-state index is -4.31. The fourth-order valence-electron chi connectivity index (χ4n) is 1.71. The average Bonchev–Trinajstić information content (AvgIpc) is 2.39. The lowest BCUT2D eigenvalue weighted by Gasteiger charge is -2.10. The molecule has 1 N–H and O–H groups in total. The van der Waals surface area contributed by atoms with Gasteiger partial charge in [-0.25, -0.2) is 4.98 Å². The Labute approximate surface area is 115 Å². The van der Waals surface area contributed by atoms with Gasteiger partial charge in [0.1, 0.15) is 5.82 Å². The van der Waals surface area contributed by atoms with Crippen LogP contribution in [-0.2, 0) is 6.18 Å². The van der Waals surface area contributed by atoms with Crippen molar-refractivity contribution in [1.29, 1.82) is 0 Å². The molecule has 0 spiro atoms. The van der Waals surface area contributed by atoms with E-state index in [9.17, 15) is 13.2 Å². The van der Waals surface area contributed by atoms with E-state index in [1.54, 1.807) is 6.20 Å². The molecule has 0 atom stereocenters. The van der Waals surface area contributed by atoms with Crippen LogP contribution in [0.15, 0.2) is 42.6 Å². The molecule has 2 nitrogen and oxygen atoms in total. The summed E-state index contributed by atoms with van der Waals surface area (Å²) in [6, 6.07) is 8.63. The smallest absolute Gasteiger partial charge is 0.340 e. The van der Waals surface area contributed by atoms with Crippen LogP contribution in [0.2, 0.25) is 0 Å². The molecule has 1 aromatic heterocycles. The maximum absolute atomic E-state index is 12.4. The summed E-state index contributed by atoms with van der Waals surface area (Å²) in [5.74, 6) is 0.997. The maximum Gasteiger partial charge on any atom is 0.416 e. The molecular formula is C15H15F3N2. The first-order valence-corrected chi connectivity index (χ1v) is 6.26. The fraction of sp³-hybridized carbons (Fsp3) is 0.267. The molecular weight excluding hydrogens is 265 g/mol. The Bertz CT molecular complexity index is 557. The number of aromatic nitrogens is 1. The Morgan fingerprint density at radius 2 is 1.65 bits per heavy atom. The van der Waals surface area contributed by atoms with Crippen LogP contribution in [0.1, 0.15) is 30.9 Å². The van der Waals surface area contributed by atoms with E-state index in [0.29, 0.717) is 17.4 Å². The Kier molecular flexibility index (Phi) is 3.97. The maximum atomic E-state index is 12.4. The highest BCUT2D eigenvalue weighted by Crippen LogP contribution is 2.30. The molecule has 0 unspecified atom stereocenters. The molecule has 0 aliphatic rings. The van der Waals surface area contributed by atoms with Gasteiger partial charge in [-0.2, -0.15) is 13.2 Å². The van der Waals surface area contributed by atoms with Crippen molar-refractivity contribution in [2.75, 3.05) is 5.32 Å². The quantitative estimate of drug-likeness (QED) is 0.858. The fourth-order valence-corrected chi connectivity index (χ4v) is 1.71. The van der Waals surface area contributed by atoms with Crippen LogP contribution in [0.25, 0.3) is 0 Å². The van der Waals surface area contributed by atoms with Gasteiger partial charge >= 0.3 is 6.18 Å². The van der Waals surface area contributed by atoms with Crippen LogP contribution in [0.5, 0.6) is 0 Å². The molecule has 106 valence electrons. The minimum absolute atomic E-state index is 0.391. The van der Waals surface area contributed by atoms with Crippen molar-refractivity contribution >= 4 is 11.5 Å². The third-order valence-electron chi connectivity index (χ3n) is 2.94. The number of nitrogens with zero attached hydrogens (tertiary/aromatic N) is 1. The third-order valence-corrected chi connectivity index (χ3v) is 2.94. The molecule has 0 aliphatic carbocycles. The van der Waals surface area contributed by atoms with Crippen LogP contribution in [0.3, 0.4) is 0 Å². The number of pyridine rings is 1. The molecule has 0 saturated heterocycles. The van der Waals surface area contributed by atoms with Gasteiger partial charge in [0, 0.05) is 11.9 Å². The second kappa shape index (κ2) is 5.53. The van der Waals surface area contributed by atoms with Gasteiger partial charge in [0.2, 0.25) is 0 Å². The molecule has 1 heterocycles. The molecule has 20 heavy (non-hydrogen) atoms. The first kappa shape index (κ1) is 14.4. The van der Waals surface area contributed by atoms with Crippen molar-refractivity contribution in [1.82, 2.24) is 4.98 Å². The second-order valence-electron chi connectivity index (χ2n) is 4.83. The van der Waals surface area contributed by atoms with Gasteiger partial charge in [-0.3, -0.25) is 0 Å². The number of alkyl halides is 3. The van der Waals surface area contributed by atoms with E-state index in [2.05, 4.69) is 24.1 Å². The largest absolute Gasteiger partial charge is 0.416 e. The normalized spacial score (nSPS) is 11.7. The monoisotopic (exact) mass is 280 g/mol. The predicted octanol–water partition coefficient (Wildman–Crippen LogP) is 4.97. The molecule has 5 heteroatoms. The zero-order valence-electron chi connectivity index (χ0n) is 11.2. The third kappa shape index (κ3) is 3.50. The van der Waals surface area contributed by atoms with Crippen LogP contribution < -0.4 is 5.32 Å². The highest BCUT2D eigenvalue weighted by Gasteiger charge is 2.29. The summed E-state index contributed by atoms with van der Waals surface area (Å²) in [6.07, 6.45) is -2.55. The number of halogens is 3. The van der Waals surface area contributed by atoms with E-state index in [1.807, 2.05) is 12.1 Å². The Hall–Kier alpha value is -2.04. The minimum Gasteiger partial charge on any atom is -0.340 e. The van der Waals surface area contributed by atoms with Crippen LogP contribution in [0.4, 0.5) is 24.7 Å². The molecule has 0 aliphatic heterocycles. The van der Waals surface area contributed by atoms with Gasteiger partial charge in [-0.05, 0) is 41.8 Å². The lowest BCUT2D eigenvalue weighted by atomic mass is 10.1. The van der Waals surface area contributed by atoms with E-state index >= 15 is 0 Å². The topological polar surface area (TPSA) is 24.9 Å². The van der Waals surface area contributed by atoms with Crippen molar-refractivity contribution in [2.45, 2.75) is 25.9 Å². The van der Waals surface area contributed by atoms with Crippen LogP contribution in [-0.4, -0.2) is 4.98 Å². The van der Waals surface area contributed by atoms with Gasteiger partial charge in [0.05, 0.1) is 5.56 Å². The zero-order chi connectivity index (χ0) is 14.8.